The summed E-state index contributed by atoms with van der Waals surface area (Å²) < 4.78 is 0. The van der Waals surface area contributed by atoms with Crippen LogP contribution in [0.15, 0.2) is 0 Å². The van der Waals surface area contributed by atoms with Gasteiger partial charge in [0.15, 0.2) is 0 Å². The predicted molar refractivity (Wildman–Crippen MR) is 55.5 cm³/mol. The minimum Gasteiger partial charge on any atom is -0.328 e. The number of likely N-dealkylation sites (tertiary alicyclic amines) is 1. The highest BCUT2D eigenvalue weighted by Gasteiger charge is 2.27. The van der Waals surface area contributed by atoms with Crippen molar-refractivity contribution in [2.24, 2.45) is 17.6 Å². The minimum absolute atomic E-state index is 0.406. The van der Waals surface area contributed by atoms with Gasteiger partial charge in [-0.3, -0.25) is 0 Å². The summed E-state index contributed by atoms with van der Waals surface area (Å²) in [6, 6.07) is 0.406. The molecule has 1 atom stereocenters. The van der Waals surface area contributed by atoms with Crippen LogP contribution in [0.4, 0.5) is 0 Å². The largest absolute Gasteiger partial charge is 0.328 e. The molecule has 2 heteroatoms. The number of rotatable bonds is 3. The van der Waals surface area contributed by atoms with Gasteiger partial charge in [-0.25, -0.2) is 0 Å². The topological polar surface area (TPSA) is 29.3 Å². The first-order valence-electron chi connectivity index (χ1n) is 5.73. The van der Waals surface area contributed by atoms with Gasteiger partial charge in [-0.05, 0) is 57.5 Å². The summed E-state index contributed by atoms with van der Waals surface area (Å²) in [4.78, 5) is 2.64. The van der Waals surface area contributed by atoms with Crippen molar-refractivity contribution in [1.29, 1.82) is 0 Å². The zero-order chi connectivity index (χ0) is 9.26. The monoisotopic (exact) mass is 182 g/mol. The number of hydrogen-bond acceptors (Lipinski definition) is 2. The highest BCUT2D eigenvalue weighted by atomic mass is 15.1. The van der Waals surface area contributed by atoms with Crippen LogP contribution in [0, 0.1) is 11.8 Å². The summed E-state index contributed by atoms with van der Waals surface area (Å²) in [6.07, 6.45) is 5.61. The number of hydrogen-bond donors (Lipinski definition) is 1. The standard InChI is InChI=1S/C11H22N2/c1-9(12)11-4-6-13(7-5-11)8-10-2-3-10/h9-11H,2-8,12H2,1H3. The average Bonchev–Trinajstić information content (AvgIpc) is 2.89. The lowest BCUT2D eigenvalue weighted by molar-refractivity contribution is 0.166. The van der Waals surface area contributed by atoms with Gasteiger partial charge < -0.3 is 10.6 Å². The first-order chi connectivity index (χ1) is 6.25. The molecule has 1 unspecified atom stereocenters. The maximum absolute atomic E-state index is 5.91. The number of nitrogens with two attached hydrogens (primary N) is 1. The molecular formula is C11H22N2. The van der Waals surface area contributed by atoms with Crippen LogP contribution in [0.3, 0.4) is 0 Å². The third-order valence-electron chi connectivity index (χ3n) is 3.59. The van der Waals surface area contributed by atoms with Gasteiger partial charge in [-0.2, -0.15) is 0 Å². The number of nitrogens with zero attached hydrogens (tertiary/aromatic N) is 1. The van der Waals surface area contributed by atoms with Crippen molar-refractivity contribution in [2.75, 3.05) is 19.6 Å². The second-order valence-corrected chi connectivity index (χ2v) is 4.94. The Kier molecular flexibility index (Phi) is 2.89. The second-order valence-electron chi connectivity index (χ2n) is 4.94. The summed E-state index contributed by atoms with van der Waals surface area (Å²) in [5.74, 6) is 1.84. The van der Waals surface area contributed by atoms with Crippen molar-refractivity contribution < 1.29 is 0 Å². The summed E-state index contributed by atoms with van der Waals surface area (Å²) in [5.41, 5.74) is 5.91. The summed E-state index contributed by atoms with van der Waals surface area (Å²) >= 11 is 0. The van der Waals surface area contributed by atoms with E-state index >= 15 is 0 Å². The van der Waals surface area contributed by atoms with E-state index in [4.69, 9.17) is 5.73 Å². The van der Waals surface area contributed by atoms with E-state index < -0.39 is 0 Å². The van der Waals surface area contributed by atoms with E-state index in [1.54, 1.807) is 0 Å². The first-order valence-corrected chi connectivity index (χ1v) is 5.73. The highest BCUT2D eigenvalue weighted by molar-refractivity contribution is 4.82. The molecule has 76 valence electrons. The molecule has 1 saturated carbocycles. The van der Waals surface area contributed by atoms with Gasteiger partial charge >= 0.3 is 0 Å². The van der Waals surface area contributed by atoms with Gasteiger partial charge in [0.1, 0.15) is 0 Å². The quantitative estimate of drug-likeness (QED) is 0.716. The van der Waals surface area contributed by atoms with Crippen LogP contribution in [0.5, 0.6) is 0 Å². The molecule has 2 N–H and O–H groups in total. The van der Waals surface area contributed by atoms with Crippen LogP contribution in [0.1, 0.15) is 32.6 Å². The lowest BCUT2D eigenvalue weighted by Crippen LogP contribution is -2.40. The maximum Gasteiger partial charge on any atom is 0.00397 e. The Morgan fingerprint density at radius 2 is 1.85 bits per heavy atom. The van der Waals surface area contributed by atoms with Crippen LogP contribution in [-0.2, 0) is 0 Å². The van der Waals surface area contributed by atoms with Crippen molar-refractivity contribution >= 4 is 0 Å². The van der Waals surface area contributed by atoms with Crippen molar-refractivity contribution in [2.45, 2.75) is 38.6 Å². The molecule has 1 aliphatic carbocycles. The molecule has 2 rings (SSSR count). The fraction of sp³-hybridized carbons (Fsp3) is 1.00. The predicted octanol–water partition coefficient (Wildman–Crippen LogP) is 1.46. The van der Waals surface area contributed by atoms with Gasteiger partial charge in [0, 0.05) is 12.6 Å². The fourth-order valence-electron chi connectivity index (χ4n) is 2.33. The van der Waals surface area contributed by atoms with E-state index in [-0.39, 0.29) is 0 Å². The summed E-state index contributed by atoms with van der Waals surface area (Å²) in [6.45, 7) is 6.11. The van der Waals surface area contributed by atoms with Crippen LogP contribution in [0.2, 0.25) is 0 Å². The second kappa shape index (κ2) is 3.97. The van der Waals surface area contributed by atoms with Gasteiger partial charge in [-0.15, -0.1) is 0 Å². The van der Waals surface area contributed by atoms with Gasteiger partial charge in [-0.1, -0.05) is 0 Å². The highest BCUT2D eigenvalue weighted by Crippen LogP contribution is 2.31. The lowest BCUT2D eigenvalue weighted by atomic mass is 9.91. The van der Waals surface area contributed by atoms with E-state index in [1.165, 1.54) is 45.3 Å². The molecule has 2 fully saturated rings. The van der Waals surface area contributed by atoms with E-state index in [1.807, 2.05) is 0 Å². The van der Waals surface area contributed by atoms with E-state index in [2.05, 4.69) is 11.8 Å². The maximum atomic E-state index is 5.91. The Morgan fingerprint density at radius 3 is 2.31 bits per heavy atom. The molecule has 1 aliphatic heterocycles. The molecule has 2 nitrogen and oxygen atoms in total. The minimum atomic E-state index is 0.406. The van der Waals surface area contributed by atoms with Crippen molar-refractivity contribution in [3.05, 3.63) is 0 Å². The first kappa shape index (κ1) is 9.47. The molecular weight excluding hydrogens is 160 g/mol. The van der Waals surface area contributed by atoms with Gasteiger partial charge in [0.05, 0.1) is 0 Å². The van der Waals surface area contributed by atoms with E-state index in [0.717, 1.165) is 11.8 Å². The molecule has 0 aromatic carbocycles. The van der Waals surface area contributed by atoms with Crippen LogP contribution >= 0.6 is 0 Å². The van der Waals surface area contributed by atoms with Crippen LogP contribution in [0.25, 0.3) is 0 Å². The molecule has 1 heterocycles. The van der Waals surface area contributed by atoms with Crippen LogP contribution in [-0.4, -0.2) is 30.6 Å². The summed E-state index contributed by atoms with van der Waals surface area (Å²) in [5, 5.41) is 0. The van der Waals surface area contributed by atoms with Gasteiger partial charge in [0.2, 0.25) is 0 Å². The molecule has 0 radical (unpaired) electrons. The zero-order valence-electron chi connectivity index (χ0n) is 8.71. The van der Waals surface area contributed by atoms with Crippen molar-refractivity contribution in [3.8, 4) is 0 Å². The third kappa shape index (κ3) is 2.68. The Labute approximate surface area is 81.5 Å². The SMILES string of the molecule is CC(N)C1CCN(CC2CC2)CC1. The average molecular weight is 182 g/mol. The van der Waals surface area contributed by atoms with E-state index in [9.17, 15) is 0 Å². The summed E-state index contributed by atoms with van der Waals surface area (Å²) in [7, 11) is 0. The Bertz CT molecular complexity index is 155. The molecule has 0 spiro atoms. The molecule has 13 heavy (non-hydrogen) atoms. The number of piperidine rings is 1. The molecule has 0 aromatic rings. The van der Waals surface area contributed by atoms with Crippen LogP contribution < -0.4 is 5.73 Å². The third-order valence-corrected chi connectivity index (χ3v) is 3.59. The Balaban J connectivity index is 1.69. The molecule has 2 aliphatic rings. The van der Waals surface area contributed by atoms with Gasteiger partial charge in [0.25, 0.3) is 0 Å². The van der Waals surface area contributed by atoms with E-state index in [0.29, 0.717) is 6.04 Å². The van der Waals surface area contributed by atoms with Crippen molar-refractivity contribution in [3.63, 3.8) is 0 Å². The lowest BCUT2D eigenvalue weighted by Gasteiger charge is -2.33. The van der Waals surface area contributed by atoms with Crippen molar-refractivity contribution in [1.82, 2.24) is 4.90 Å². The zero-order valence-corrected chi connectivity index (χ0v) is 8.71. The Hall–Kier alpha value is -0.0800. The normalized spacial score (nSPS) is 29.1. The molecule has 0 bridgehead atoms. The molecule has 1 saturated heterocycles. The molecule has 0 aromatic heterocycles. The smallest absolute Gasteiger partial charge is 0.00397 e. The Morgan fingerprint density at radius 1 is 1.23 bits per heavy atom. The molecule has 0 amide bonds. The fourth-order valence-corrected chi connectivity index (χ4v) is 2.33.